The van der Waals surface area contributed by atoms with Gasteiger partial charge in [0.05, 0.1) is 22.8 Å². The second-order valence-electron chi connectivity index (χ2n) is 6.85. The monoisotopic (exact) mass is 488 g/mol. The average Bonchev–Trinajstić information content (AvgIpc) is 3.19. The van der Waals surface area contributed by atoms with Crippen molar-refractivity contribution >= 4 is 39.2 Å². The normalized spacial score (nSPS) is 11.2. The maximum Gasteiger partial charge on any atom is 0.338 e. The van der Waals surface area contributed by atoms with Crippen LogP contribution in [0, 0.1) is 0 Å². The van der Waals surface area contributed by atoms with Crippen LogP contribution in [0.1, 0.15) is 30.0 Å². The van der Waals surface area contributed by atoms with Gasteiger partial charge in [0.25, 0.3) is 0 Å². The van der Waals surface area contributed by atoms with Gasteiger partial charge in [-0.15, -0.1) is 10.2 Å². The predicted molar refractivity (Wildman–Crippen MR) is 125 cm³/mol. The van der Waals surface area contributed by atoms with Gasteiger partial charge in [0, 0.05) is 12.2 Å². The van der Waals surface area contributed by atoms with Gasteiger partial charge in [-0.05, 0) is 50.2 Å². The zero-order valence-corrected chi connectivity index (χ0v) is 19.9. The Morgan fingerprint density at radius 2 is 1.73 bits per heavy atom. The number of carbonyl (C=O) groups is 2. The second kappa shape index (κ2) is 11.1. The summed E-state index contributed by atoms with van der Waals surface area (Å²) < 4.78 is 32.0. The highest BCUT2D eigenvalue weighted by Crippen LogP contribution is 2.21. The Hall–Kier alpha value is -3.18. The molecule has 0 radical (unpaired) electrons. The summed E-state index contributed by atoms with van der Waals surface area (Å²) in [6.45, 7) is 4.34. The summed E-state index contributed by atoms with van der Waals surface area (Å²) in [4.78, 5) is 24.3. The lowest BCUT2D eigenvalue weighted by Crippen LogP contribution is -2.15. The number of aromatic nitrogens is 3. The molecular weight excluding hydrogens is 464 g/mol. The standard InChI is InChI=1S/C22H24N4O5S2/c1-3-26-19(15-33(29,30)18-8-6-5-7-9-18)24-25-22(26)32-14-20(27)23-17-12-10-16(11-13-17)21(28)31-4-2/h5-13H,3-4,14-15H2,1-2H3,(H,23,27). The number of sulfone groups is 1. The van der Waals surface area contributed by atoms with E-state index in [0.717, 1.165) is 11.8 Å². The van der Waals surface area contributed by atoms with Gasteiger partial charge in [-0.25, -0.2) is 13.2 Å². The number of nitrogens with one attached hydrogen (secondary N) is 1. The third-order valence-electron chi connectivity index (χ3n) is 4.54. The van der Waals surface area contributed by atoms with E-state index in [1.807, 2.05) is 6.92 Å². The molecule has 0 unspecified atom stereocenters. The SMILES string of the molecule is CCOC(=O)c1ccc(NC(=O)CSc2nnc(CS(=O)(=O)c3ccccc3)n2CC)cc1. The summed E-state index contributed by atoms with van der Waals surface area (Å²) >= 11 is 1.16. The fourth-order valence-electron chi connectivity index (χ4n) is 2.96. The molecule has 0 aliphatic heterocycles. The molecule has 174 valence electrons. The number of anilines is 1. The van der Waals surface area contributed by atoms with E-state index in [9.17, 15) is 18.0 Å². The average molecular weight is 489 g/mol. The predicted octanol–water partition coefficient (Wildman–Crippen LogP) is 3.18. The highest BCUT2D eigenvalue weighted by atomic mass is 32.2. The molecule has 0 aliphatic rings. The summed E-state index contributed by atoms with van der Waals surface area (Å²) in [7, 11) is -3.56. The fourth-order valence-corrected chi connectivity index (χ4v) is 5.08. The first-order valence-corrected chi connectivity index (χ1v) is 12.9. The molecule has 33 heavy (non-hydrogen) atoms. The van der Waals surface area contributed by atoms with Crippen LogP contribution in [0.2, 0.25) is 0 Å². The number of ether oxygens (including phenoxy) is 1. The Balaban J connectivity index is 1.61. The third kappa shape index (κ3) is 6.42. The molecular formula is C22H24N4O5S2. The van der Waals surface area contributed by atoms with Crippen molar-refractivity contribution in [1.82, 2.24) is 14.8 Å². The molecule has 2 aromatic carbocycles. The molecule has 11 heteroatoms. The Morgan fingerprint density at radius 1 is 1.03 bits per heavy atom. The van der Waals surface area contributed by atoms with Crippen molar-refractivity contribution in [2.75, 3.05) is 17.7 Å². The highest BCUT2D eigenvalue weighted by molar-refractivity contribution is 7.99. The summed E-state index contributed by atoms with van der Waals surface area (Å²) in [5.74, 6) is -0.595. The quantitative estimate of drug-likeness (QED) is 0.341. The Labute approximate surface area is 196 Å². The zero-order chi connectivity index (χ0) is 23.8. The molecule has 1 heterocycles. The molecule has 0 saturated carbocycles. The van der Waals surface area contributed by atoms with Crippen molar-refractivity contribution in [3.8, 4) is 0 Å². The molecule has 0 atom stereocenters. The van der Waals surface area contributed by atoms with Gasteiger partial charge in [0.15, 0.2) is 15.0 Å². The first-order valence-electron chi connectivity index (χ1n) is 10.2. The van der Waals surface area contributed by atoms with Crippen LogP contribution in [-0.2, 0) is 31.7 Å². The second-order valence-corrected chi connectivity index (χ2v) is 9.78. The molecule has 3 rings (SSSR count). The van der Waals surface area contributed by atoms with Crippen LogP contribution in [-0.4, -0.2) is 47.4 Å². The number of benzene rings is 2. The number of hydrogen-bond donors (Lipinski definition) is 1. The largest absolute Gasteiger partial charge is 0.462 e. The van der Waals surface area contributed by atoms with Crippen molar-refractivity contribution in [2.24, 2.45) is 0 Å². The molecule has 3 aromatic rings. The Kier molecular flexibility index (Phi) is 8.23. The van der Waals surface area contributed by atoms with Gasteiger partial charge in [0.2, 0.25) is 5.91 Å². The number of nitrogens with zero attached hydrogens (tertiary/aromatic N) is 3. The van der Waals surface area contributed by atoms with E-state index in [1.165, 1.54) is 0 Å². The number of carbonyl (C=O) groups excluding carboxylic acids is 2. The van der Waals surface area contributed by atoms with E-state index in [0.29, 0.717) is 28.8 Å². The lowest BCUT2D eigenvalue weighted by Gasteiger charge is -2.09. The molecule has 1 N–H and O–H groups in total. The molecule has 1 aromatic heterocycles. The van der Waals surface area contributed by atoms with Crippen molar-refractivity contribution < 1.29 is 22.7 Å². The molecule has 1 amide bonds. The van der Waals surface area contributed by atoms with E-state index < -0.39 is 15.8 Å². The molecule has 0 fully saturated rings. The fraction of sp³-hybridized carbons (Fsp3) is 0.273. The summed E-state index contributed by atoms with van der Waals surface area (Å²) in [6, 6.07) is 14.6. The van der Waals surface area contributed by atoms with E-state index in [2.05, 4.69) is 15.5 Å². The van der Waals surface area contributed by atoms with Gasteiger partial charge < -0.3 is 14.6 Å². The minimum atomic E-state index is -3.56. The summed E-state index contributed by atoms with van der Waals surface area (Å²) in [5, 5.41) is 11.3. The van der Waals surface area contributed by atoms with Crippen LogP contribution >= 0.6 is 11.8 Å². The van der Waals surface area contributed by atoms with Gasteiger partial charge in [-0.1, -0.05) is 30.0 Å². The smallest absolute Gasteiger partial charge is 0.338 e. The van der Waals surface area contributed by atoms with Crippen LogP contribution in [0.5, 0.6) is 0 Å². The minimum Gasteiger partial charge on any atom is -0.462 e. The first-order chi connectivity index (χ1) is 15.8. The molecule has 0 bridgehead atoms. The lowest BCUT2D eigenvalue weighted by molar-refractivity contribution is -0.113. The summed E-state index contributed by atoms with van der Waals surface area (Å²) in [6.07, 6.45) is 0. The number of hydrogen-bond acceptors (Lipinski definition) is 8. The van der Waals surface area contributed by atoms with Crippen molar-refractivity contribution in [1.29, 1.82) is 0 Å². The van der Waals surface area contributed by atoms with Crippen molar-refractivity contribution in [2.45, 2.75) is 36.2 Å². The highest BCUT2D eigenvalue weighted by Gasteiger charge is 2.21. The van der Waals surface area contributed by atoms with Gasteiger partial charge in [-0.3, -0.25) is 4.79 Å². The first kappa shape index (κ1) is 24.5. The van der Waals surface area contributed by atoms with E-state index in [-0.39, 0.29) is 28.9 Å². The number of thioether (sulfide) groups is 1. The maximum absolute atomic E-state index is 12.7. The van der Waals surface area contributed by atoms with Crippen LogP contribution < -0.4 is 5.32 Å². The number of esters is 1. The van der Waals surface area contributed by atoms with Crippen LogP contribution in [0.3, 0.4) is 0 Å². The molecule has 9 nitrogen and oxygen atoms in total. The molecule has 0 saturated heterocycles. The maximum atomic E-state index is 12.7. The number of amides is 1. The lowest BCUT2D eigenvalue weighted by atomic mass is 10.2. The minimum absolute atomic E-state index is 0.0587. The van der Waals surface area contributed by atoms with Gasteiger partial charge in [0.1, 0.15) is 11.6 Å². The number of rotatable bonds is 10. The Bertz CT molecular complexity index is 1210. The van der Waals surface area contributed by atoms with Gasteiger partial charge in [-0.2, -0.15) is 0 Å². The summed E-state index contributed by atoms with van der Waals surface area (Å²) in [5.41, 5.74) is 0.943. The molecule has 0 spiro atoms. The van der Waals surface area contributed by atoms with E-state index >= 15 is 0 Å². The zero-order valence-electron chi connectivity index (χ0n) is 18.2. The third-order valence-corrected chi connectivity index (χ3v) is 7.14. The van der Waals surface area contributed by atoms with Crippen molar-refractivity contribution in [3.05, 3.63) is 66.0 Å². The van der Waals surface area contributed by atoms with Gasteiger partial charge >= 0.3 is 5.97 Å². The topological polar surface area (TPSA) is 120 Å². The van der Waals surface area contributed by atoms with E-state index in [4.69, 9.17) is 4.74 Å². The Morgan fingerprint density at radius 3 is 2.36 bits per heavy atom. The van der Waals surface area contributed by atoms with Crippen LogP contribution in [0.4, 0.5) is 5.69 Å². The van der Waals surface area contributed by atoms with Crippen molar-refractivity contribution in [3.63, 3.8) is 0 Å². The van der Waals surface area contributed by atoms with E-state index in [1.54, 1.807) is 66.1 Å². The van der Waals surface area contributed by atoms with Crippen LogP contribution in [0.25, 0.3) is 0 Å². The van der Waals surface area contributed by atoms with Crippen LogP contribution in [0.15, 0.2) is 64.6 Å². The molecule has 0 aliphatic carbocycles.